The molecule has 0 aliphatic rings. The van der Waals surface area contributed by atoms with E-state index in [0.29, 0.717) is 11.5 Å². The topological polar surface area (TPSA) is 109 Å². The molecule has 1 heterocycles. The van der Waals surface area contributed by atoms with Crippen LogP contribution in [0.2, 0.25) is 0 Å². The Morgan fingerprint density at radius 1 is 1.30 bits per heavy atom. The number of carbonyl (C=O) groups excluding carboxylic acids is 1. The maximum Gasteiger partial charge on any atom is 0.335 e. The average molecular weight is 275 g/mol. The van der Waals surface area contributed by atoms with Gasteiger partial charge in [-0.25, -0.2) is 14.6 Å². The molecule has 2 rings (SSSR count). The summed E-state index contributed by atoms with van der Waals surface area (Å²) in [6.07, 6.45) is 1.54. The summed E-state index contributed by atoms with van der Waals surface area (Å²) in [6.45, 7) is 0.208. The fourth-order valence-corrected chi connectivity index (χ4v) is 1.50. The van der Waals surface area contributed by atoms with Crippen molar-refractivity contribution < 1.29 is 14.7 Å². The number of rotatable bonds is 4. The van der Waals surface area contributed by atoms with Crippen LogP contribution in [0, 0.1) is 0 Å². The van der Waals surface area contributed by atoms with Crippen molar-refractivity contribution in [2.24, 2.45) is 7.05 Å². The number of anilines is 1. The number of nitrogens with one attached hydrogen (secondary N) is 2. The highest BCUT2D eigenvalue weighted by molar-refractivity contribution is 5.91. The molecule has 0 saturated carbocycles. The number of amides is 2. The Balaban J connectivity index is 1.86. The summed E-state index contributed by atoms with van der Waals surface area (Å²) in [7, 11) is 1.74. The van der Waals surface area contributed by atoms with Crippen LogP contribution in [0.3, 0.4) is 0 Å². The van der Waals surface area contributed by atoms with Crippen LogP contribution in [-0.4, -0.2) is 31.9 Å². The van der Waals surface area contributed by atoms with Crippen LogP contribution in [0.5, 0.6) is 0 Å². The second-order valence-electron chi connectivity index (χ2n) is 4.02. The van der Waals surface area contributed by atoms with Gasteiger partial charge in [-0.3, -0.25) is 4.68 Å². The molecular weight excluding hydrogens is 262 g/mol. The molecule has 0 radical (unpaired) electrons. The number of benzene rings is 1. The number of aromatic carboxylic acids is 1. The molecule has 0 aliphatic heterocycles. The SMILES string of the molecule is Cn1cnc(CNC(=O)Nc2ccc(C(=O)O)cc2)n1. The zero-order valence-electron chi connectivity index (χ0n) is 10.7. The first-order valence-corrected chi connectivity index (χ1v) is 5.77. The summed E-state index contributed by atoms with van der Waals surface area (Å²) < 4.78 is 1.54. The van der Waals surface area contributed by atoms with Crippen molar-refractivity contribution in [1.29, 1.82) is 0 Å². The van der Waals surface area contributed by atoms with Gasteiger partial charge in [-0.2, -0.15) is 5.10 Å². The molecule has 8 nitrogen and oxygen atoms in total. The number of nitrogens with zero attached hydrogens (tertiary/aromatic N) is 3. The molecule has 2 aromatic rings. The summed E-state index contributed by atoms with van der Waals surface area (Å²) in [5.74, 6) is -0.508. The molecular formula is C12H13N5O3. The number of aryl methyl sites for hydroxylation is 1. The molecule has 8 heteroatoms. The van der Waals surface area contributed by atoms with Gasteiger partial charge in [0.25, 0.3) is 0 Å². The fourth-order valence-electron chi connectivity index (χ4n) is 1.50. The van der Waals surface area contributed by atoms with Crippen molar-refractivity contribution in [3.8, 4) is 0 Å². The molecule has 104 valence electrons. The van der Waals surface area contributed by atoms with Crippen LogP contribution in [0.25, 0.3) is 0 Å². The van der Waals surface area contributed by atoms with Crippen molar-refractivity contribution in [3.05, 3.63) is 42.0 Å². The lowest BCUT2D eigenvalue weighted by Gasteiger charge is -2.06. The smallest absolute Gasteiger partial charge is 0.335 e. The van der Waals surface area contributed by atoms with E-state index in [1.165, 1.54) is 24.3 Å². The van der Waals surface area contributed by atoms with Crippen LogP contribution < -0.4 is 10.6 Å². The summed E-state index contributed by atoms with van der Waals surface area (Å²) >= 11 is 0. The zero-order chi connectivity index (χ0) is 14.5. The summed E-state index contributed by atoms with van der Waals surface area (Å²) in [6, 6.07) is 5.45. The van der Waals surface area contributed by atoms with E-state index in [4.69, 9.17) is 5.11 Å². The van der Waals surface area contributed by atoms with Gasteiger partial charge in [0.1, 0.15) is 6.33 Å². The molecule has 0 unspecified atom stereocenters. The first-order valence-electron chi connectivity index (χ1n) is 5.77. The van der Waals surface area contributed by atoms with Crippen LogP contribution in [0.4, 0.5) is 10.5 Å². The van der Waals surface area contributed by atoms with Crippen molar-refractivity contribution in [3.63, 3.8) is 0 Å². The largest absolute Gasteiger partial charge is 0.478 e. The minimum Gasteiger partial charge on any atom is -0.478 e. The molecule has 2 amide bonds. The molecule has 0 bridgehead atoms. The van der Waals surface area contributed by atoms with Gasteiger partial charge in [0.15, 0.2) is 5.82 Å². The first kappa shape index (κ1) is 13.5. The normalized spacial score (nSPS) is 10.1. The van der Waals surface area contributed by atoms with Gasteiger partial charge in [0.05, 0.1) is 12.1 Å². The number of carboxylic acids is 1. The highest BCUT2D eigenvalue weighted by Crippen LogP contribution is 2.09. The number of carboxylic acid groups (broad SMARTS) is 1. The molecule has 0 aliphatic carbocycles. The van der Waals surface area contributed by atoms with E-state index >= 15 is 0 Å². The van der Waals surface area contributed by atoms with Crippen molar-refractivity contribution in [2.45, 2.75) is 6.54 Å². The van der Waals surface area contributed by atoms with Crippen LogP contribution in [0.1, 0.15) is 16.2 Å². The quantitative estimate of drug-likeness (QED) is 0.765. The van der Waals surface area contributed by atoms with E-state index < -0.39 is 12.0 Å². The van der Waals surface area contributed by atoms with Crippen LogP contribution in [-0.2, 0) is 13.6 Å². The molecule has 3 N–H and O–H groups in total. The third-order valence-corrected chi connectivity index (χ3v) is 2.44. The molecule has 20 heavy (non-hydrogen) atoms. The number of hydrogen-bond donors (Lipinski definition) is 3. The number of carbonyl (C=O) groups is 2. The molecule has 0 spiro atoms. The molecule has 1 aromatic carbocycles. The standard InChI is InChI=1S/C12H13N5O3/c1-17-7-14-10(16-17)6-13-12(20)15-9-4-2-8(3-5-9)11(18)19/h2-5,7H,6H2,1H3,(H,18,19)(H2,13,15,20). The number of urea groups is 1. The molecule has 1 aromatic heterocycles. The molecule has 0 fully saturated rings. The van der Waals surface area contributed by atoms with Gasteiger partial charge < -0.3 is 15.7 Å². The van der Waals surface area contributed by atoms with E-state index in [9.17, 15) is 9.59 Å². The third-order valence-electron chi connectivity index (χ3n) is 2.44. The third kappa shape index (κ3) is 3.55. The predicted molar refractivity (Wildman–Crippen MR) is 70.3 cm³/mol. The lowest BCUT2D eigenvalue weighted by Crippen LogP contribution is -2.28. The minimum absolute atomic E-state index is 0.161. The number of aromatic nitrogens is 3. The highest BCUT2D eigenvalue weighted by Gasteiger charge is 2.05. The second kappa shape index (κ2) is 5.83. The fraction of sp³-hybridized carbons (Fsp3) is 0.167. The lowest BCUT2D eigenvalue weighted by atomic mass is 10.2. The predicted octanol–water partition coefficient (Wildman–Crippen LogP) is 0.835. The highest BCUT2D eigenvalue weighted by atomic mass is 16.4. The average Bonchev–Trinajstić information content (AvgIpc) is 2.83. The Hall–Kier alpha value is -2.90. The lowest BCUT2D eigenvalue weighted by molar-refractivity contribution is 0.0697. The zero-order valence-corrected chi connectivity index (χ0v) is 10.7. The Labute approximate surface area is 114 Å². The monoisotopic (exact) mass is 275 g/mol. The maximum atomic E-state index is 11.6. The van der Waals surface area contributed by atoms with Gasteiger partial charge in [0, 0.05) is 12.7 Å². The van der Waals surface area contributed by atoms with Crippen molar-refractivity contribution >= 4 is 17.7 Å². The Morgan fingerprint density at radius 2 is 2.00 bits per heavy atom. The van der Waals surface area contributed by atoms with Gasteiger partial charge in [-0.05, 0) is 24.3 Å². The summed E-state index contributed by atoms with van der Waals surface area (Å²) in [5.41, 5.74) is 0.662. The first-order chi connectivity index (χ1) is 9.54. The van der Waals surface area contributed by atoms with Gasteiger partial charge >= 0.3 is 12.0 Å². The van der Waals surface area contributed by atoms with Crippen molar-refractivity contribution in [2.75, 3.05) is 5.32 Å². The van der Waals surface area contributed by atoms with Crippen LogP contribution >= 0.6 is 0 Å². The van der Waals surface area contributed by atoms with E-state index in [1.807, 2.05) is 0 Å². The van der Waals surface area contributed by atoms with Crippen molar-refractivity contribution in [1.82, 2.24) is 20.1 Å². The van der Waals surface area contributed by atoms with E-state index in [-0.39, 0.29) is 12.1 Å². The van der Waals surface area contributed by atoms with E-state index in [0.717, 1.165) is 0 Å². The minimum atomic E-state index is -1.01. The van der Waals surface area contributed by atoms with E-state index in [2.05, 4.69) is 20.7 Å². The second-order valence-corrected chi connectivity index (χ2v) is 4.02. The Kier molecular flexibility index (Phi) is 3.94. The Bertz CT molecular complexity index is 620. The maximum absolute atomic E-state index is 11.6. The summed E-state index contributed by atoms with van der Waals surface area (Å²) in [4.78, 5) is 26.3. The Morgan fingerprint density at radius 3 is 2.55 bits per heavy atom. The molecule has 0 atom stereocenters. The van der Waals surface area contributed by atoms with Gasteiger partial charge in [-0.15, -0.1) is 0 Å². The van der Waals surface area contributed by atoms with Crippen LogP contribution in [0.15, 0.2) is 30.6 Å². The van der Waals surface area contributed by atoms with Gasteiger partial charge in [-0.1, -0.05) is 0 Å². The molecule has 0 saturated heterocycles. The number of hydrogen-bond acceptors (Lipinski definition) is 4. The van der Waals surface area contributed by atoms with E-state index in [1.54, 1.807) is 18.1 Å². The van der Waals surface area contributed by atoms with Gasteiger partial charge in [0.2, 0.25) is 0 Å². The summed E-state index contributed by atoms with van der Waals surface area (Å²) in [5, 5.41) is 17.9.